The lowest BCUT2D eigenvalue weighted by Crippen LogP contribution is -2.47. The van der Waals surface area contributed by atoms with E-state index in [4.69, 9.17) is 9.84 Å². The van der Waals surface area contributed by atoms with E-state index in [2.05, 4.69) is 0 Å². The van der Waals surface area contributed by atoms with Crippen molar-refractivity contribution in [3.8, 4) is 5.75 Å². The number of hydrogen-bond donors (Lipinski definition) is 0. The van der Waals surface area contributed by atoms with Crippen LogP contribution in [-0.4, -0.2) is 23.4 Å². The number of hydrogen-bond acceptors (Lipinski definition) is 5. The quantitative estimate of drug-likeness (QED) is 0.185. The average Bonchev–Trinajstić information content (AvgIpc) is 3.47. The zero-order chi connectivity index (χ0) is 27.4. The van der Waals surface area contributed by atoms with Crippen LogP contribution in [0.1, 0.15) is 40.2 Å². The molecule has 7 rings (SSSR count). The van der Waals surface area contributed by atoms with Gasteiger partial charge in [0.1, 0.15) is 11.2 Å². The summed E-state index contributed by atoms with van der Waals surface area (Å²) in [4.78, 5) is 43.4. The maximum Gasteiger partial charge on any atom is 0.315 e. The summed E-state index contributed by atoms with van der Waals surface area (Å²) in [5, 5.41) is 6.29. The fourth-order valence-electron chi connectivity index (χ4n) is 7.21. The van der Waals surface area contributed by atoms with Crippen molar-refractivity contribution in [1.29, 1.82) is 0 Å². The minimum atomic E-state index is -1.29. The van der Waals surface area contributed by atoms with Crippen LogP contribution in [0.25, 0.3) is 0 Å². The number of Topliss-reactive ketones (excluding diaryl/α,β-unsaturated/α-hetero) is 1. The monoisotopic (exact) mass is 526 g/mol. The largest absolute Gasteiger partial charge is 0.426 e. The lowest BCUT2D eigenvalue weighted by atomic mass is 9.62. The van der Waals surface area contributed by atoms with Crippen LogP contribution in [0, 0.1) is 17.3 Å². The van der Waals surface area contributed by atoms with Gasteiger partial charge in [-0.15, -0.1) is 0 Å². The summed E-state index contributed by atoms with van der Waals surface area (Å²) in [5.41, 5.74) is 1.99. The van der Waals surface area contributed by atoms with Gasteiger partial charge in [0.25, 0.3) is 5.91 Å². The van der Waals surface area contributed by atoms with Crippen LogP contribution in [0.3, 0.4) is 0 Å². The predicted octanol–water partition coefficient (Wildman–Crippen LogP) is 6.01. The molecule has 1 fully saturated rings. The normalized spacial score (nSPS) is 26.7. The third-order valence-corrected chi connectivity index (χ3v) is 8.74. The Morgan fingerprint density at radius 3 is 2.08 bits per heavy atom. The molecule has 0 N–H and O–H groups in total. The number of anilines is 1. The van der Waals surface area contributed by atoms with Crippen molar-refractivity contribution in [2.75, 3.05) is 5.01 Å². The smallest absolute Gasteiger partial charge is 0.315 e. The first kappa shape index (κ1) is 24.2. The Hall–Kier alpha value is -4.84. The molecule has 4 aromatic rings. The van der Waals surface area contributed by atoms with Crippen molar-refractivity contribution in [3.63, 3.8) is 0 Å². The average molecular weight is 527 g/mol. The van der Waals surface area contributed by atoms with Crippen LogP contribution in [-0.2, 0) is 9.59 Å². The third-order valence-electron chi connectivity index (χ3n) is 8.74. The first-order valence-corrected chi connectivity index (χ1v) is 13.4. The zero-order valence-corrected chi connectivity index (χ0v) is 21.8. The van der Waals surface area contributed by atoms with Gasteiger partial charge in [0, 0.05) is 28.9 Å². The van der Waals surface area contributed by atoms with Gasteiger partial charge in [0.05, 0.1) is 17.3 Å². The molecular weight excluding hydrogens is 500 g/mol. The van der Waals surface area contributed by atoms with Gasteiger partial charge in [-0.2, -0.15) is 10.1 Å². The van der Waals surface area contributed by atoms with Crippen molar-refractivity contribution < 1.29 is 19.1 Å². The summed E-state index contributed by atoms with van der Waals surface area (Å²) >= 11 is 0. The maximum atomic E-state index is 14.9. The number of fused-ring (bicyclic) bond motifs is 4. The maximum absolute atomic E-state index is 14.9. The van der Waals surface area contributed by atoms with Crippen LogP contribution in [0.2, 0.25) is 0 Å². The summed E-state index contributed by atoms with van der Waals surface area (Å²) in [6, 6.07) is 35.2. The molecule has 5 atom stereocenters. The van der Waals surface area contributed by atoms with E-state index in [1.165, 1.54) is 5.01 Å². The van der Waals surface area contributed by atoms with Gasteiger partial charge >= 0.3 is 5.97 Å². The molecule has 40 heavy (non-hydrogen) atoms. The summed E-state index contributed by atoms with van der Waals surface area (Å²) in [5.74, 6) is -3.51. The van der Waals surface area contributed by atoms with E-state index in [0.717, 1.165) is 11.1 Å². The summed E-state index contributed by atoms with van der Waals surface area (Å²) in [6.45, 7) is 1.85. The Bertz CT molecular complexity index is 1670. The lowest BCUT2D eigenvalue weighted by molar-refractivity contribution is -0.142. The Morgan fingerprint density at radius 1 is 0.775 bits per heavy atom. The fraction of sp³-hybridized carbons (Fsp3) is 0.176. The van der Waals surface area contributed by atoms with Gasteiger partial charge in [-0.1, -0.05) is 97.1 Å². The van der Waals surface area contributed by atoms with Crippen LogP contribution in [0.4, 0.5) is 5.69 Å². The van der Waals surface area contributed by atoms with E-state index >= 15 is 0 Å². The second-order valence-electron chi connectivity index (χ2n) is 10.6. The van der Waals surface area contributed by atoms with E-state index in [1.54, 1.807) is 18.2 Å². The number of esters is 1. The highest BCUT2D eigenvalue weighted by atomic mass is 16.5. The first-order chi connectivity index (χ1) is 19.5. The highest BCUT2D eigenvalue weighted by Crippen LogP contribution is 2.68. The summed E-state index contributed by atoms with van der Waals surface area (Å²) in [6.07, 6.45) is 0. The Labute approximate surface area is 231 Å². The number of hydrazone groups is 1. The molecule has 6 nitrogen and oxygen atoms in total. The number of carbonyl (C=O) groups excluding carboxylic acids is 3. The molecule has 2 aliphatic heterocycles. The standard InChI is InChI=1S/C34H26N2O4/c1-21-34(33(39)36(35-21)24-17-9-4-10-18-24)29(22-13-5-2-6-14-22)27(31(37)23-15-7-3-8-16-23)28-30(34)25-19-11-12-20-26(25)40-32(28)38/h2-20,27-30H,1H3/t27-,28-,29+,30-,34+/m0/s1. The van der Waals surface area contributed by atoms with Crippen molar-refractivity contribution in [1.82, 2.24) is 0 Å². The van der Waals surface area contributed by atoms with Gasteiger partial charge in [0.2, 0.25) is 0 Å². The van der Waals surface area contributed by atoms with E-state index in [0.29, 0.717) is 22.7 Å². The van der Waals surface area contributed by atoms with Gasteiger partial charge in [-0.3, -0.25) is 14.4 Å². The van der Waals surface area contributed by atoms with Gasteiger partial charge in [-0.05, 0) is 30.7 Å². The molecule has 0 radical (unpaired) electrons. The lowest BCUT2D eigenvalue weighted by Gasteiger charge is -2.38. The molecule has 0 bridgehead atoms. The fourth-order valence-corrected chi connectivity index (χ4v) is 7.21. The van der Waals surface area contributed by atoms with E-state index in [9.17, 15) is 14.4 Å². The molecular formula is C34H26N2O4. The second-order valence-corrected chi connectivity index (χ2v) is 10.6. The third kappa shape index (κ3) is 3.29. The van der Waals surface area contributed by atoms with Crippen molar-refractivity contribution in [2.45, 2.75) is 18.8 Å². The molecule has 6 heteroatoms. The molecule has 196 valence electrons. The molecule has 4 aromatic carbocycles. The molecule has 0 aromatic heterocycles. The highest BCUT2D eigenvalue weighted by molar-refractivity contribution is 6.22. The molecule has 0 saturated heterocycles. The van der Waals surface area contributed by atoms with Crippen molar-refractivity contribution >= 4 is 29.1 Å². The van der Waals surface area contributed by atoms with Crippen LogP contribution in [0.5, 0.6) is 5.75 Å². The zero-order valence-electron chi connectivity index (χ0n) is 21.8. The number of carbonyl (C=O) groups is 3. The molecule has 2 heterocycles. The number of rotatable bonds is 4. The number of ketones is 1. The molecule has 3 aliphatic rings. The Kier molecular flexibility index (Phi) is 5.52. The number of ether oxygens (including phenoxy) is 1. The summed E-state index contributed by atoms with van der Waals surface area (Å²) in [7, 11) is 0. The van der Waals surface area contributed by atoms with Gasteiger partial charge in [0.15, 0.2) is 5.78 Å². The van der Waals surface area contributed by atoms with Crippen molar-refractivity contribution in [2.24, 2.45) is 22.4 Å². The number of benzene rings is 4. The SMILES string of the molecule is CC1=NN(c2ccccc2)C(=O)[C@@]12[C@H](c1ccccc1)[C@@H](C(=O)c1ccccc1)[C@@H]1C(=O)Oc3ccccc3[C@@H]12. The molecule has 0 unspecified atom stereocenters. The Morgan fingerprint density at radius 2 is 1.38 bits per heavy atom. The van der Waals surface area contributed by atoms with E-state index in [-0.39, 0.29) is 11.7 Å². The number of amides is 1. The molecule has 1 spiro atoms. The molecule has 1 aliphatic carbocycles. The van der Waals surface area contributed by atoms with Gasteiger partial charge < -0.3 is 4.74 Å². The van der Waals surface area contributed by atoms with Crippen molar-refractivity contribution in [3.05, 3.63) is 132 Å². The van der Waals surface area contributed by atoms with Crippen LogP contribution < -0.4 is 9.75 Å². The number of para-hydroxylation sites is 2. The minimum Gasteiger partial charge on any atom is -0.426 e. The summed E-state index contributed by atoms with van der Waals surface area (Å²) < 4.78 is 5.88. The minimum absolute atomic E-state index is 0.184. The van der Waals surface area contributed by atoms with E-state index < -0.39 is 35.1 Å². The first-order valence-electron chi connectivity index (χ1n) is 13.4. The predicted molar refractivity (Wildman–Crippen MR) is 151 cm³/mol. The number of nitrogens with zero attached hydrogens (tertiary/aromatic N) is 2. The van der Waals surface area contributed by atoms with Crippen LogP contribution in [0.15, 0.2) is 120 Å². The Balaban J connectivity index is 1.53. The second kappa shape index (κ2) is 9.12. The topological polar surface area (TPSA) is 76.0 Å². The van der Waals surface area contributed by atoms with Crippen LogP contribution >= 0.6 is 0 Å². The van der Waals surface area contributed by atoms with Gasteiger partial charge in [-0.25, -0.2) is 0 Å². The highest BCUT2D eigenvalue weighted by Gasteiger charge is 2.73. The molecule has 1 saturated carbocycles. The van der Waals surface area contributed by atoms with E-state index in [1.807, 2.05) is 104 Å². The molecule has 1 amide bonds.